The van der Waals surface area contributed by atoms with E-state index in [1.165, 1.54) is 5.56 Å². The van der Waals surface area contributed by atoms with Crippen molar-refractivity contribution in [2.45, 2.75) is 6.42 Å². The van der Waals surface area contributed by atoms with Crippen LogP contribution in [0.2, 0.25) is 5.02 Å². The number of hydrogen-bond acceptors (Lipinski definition) is 2. The van der Waals surface area contributed by atoms with Crippen LogP contribution in [0.5, 0.6) is 0 Å². The topological polar surface area (TPSA) is 21.3 Å². The van der Waals surface area contributed by atoms with Crippen molar-refractivity contribution < 1.29 is 4.74 Å². The Hall–Kier alpha value is -0.570. The van der Waals surface area contributed by atoms with E-state index in [0.717, 1.165) is 18.0 Å². The maximum Gasteiger partial charge on any atom is 0.0961 e. The number of rotatable bonds is 5. The second-order valence-electron chi connectivity index (χ2n) is 2.81. The fourth-order valence-corrected chi connectivity index (χ4v) is 1.18. The normalized spacial score (nSPS) is 10.3. The zero-order chi connectivity index (χ0) is 9.52. The molecule has 0 heterocycles. The van der Waals surface area contributed by atoms with E-state index in [4.69, 9.17) is 16.3 Å². The molecule has 3 heteroatoms. The average Bonchev–Trinajstić information content (AvgIpc) is 2.15. The van der Waals surface area contributed by atoms with Crippen molar-refractivity contribution in [3.63, 3.8) is 0 Å². The van der Waals surface area contributed by atoms with Crippen LogP contribution in [0.1, 0.15) is 5.56 Å². The summed E-state index contributed by atoms with van der Waals surface area (Å²) in [5.41, 5.74) is 1.29. The number of benzene rings is 1. The lowest BCUT2D eigenvalue weighted by atomic mass is 10.1. The number of hydrogen-bond donors (Lipinski definition) is 1. The minimum Gasteiger partial charge on any atom is -0.370 e. The van der Waals surface area contributed by atoms with Gasteiger partial charge in [0.1, 0.15) is 0 Å². The monoisotopic (exact) mass is 199 g/mol. The van der Waals surface area contributed by atoms with Crippen molar-refractivity contribution in [1.82, 2.24) is 5.32 Å². The Labute approximate surface area is 83.9 Å². The van der Waals surface area contributed by atoms with E-state index in [-0.39, 0.29) is 0 Å². The van der Waals surface area contributed by atoms with E-state index in [1.54, 1.807) is 7.11 Å². The molecular formula is C10H14ClNO. The quantitative estimate of drug-likeness (QED) is 0.579. The van der Waals surface area contributed by atoms with Gasteiger partial charge >= 0.3 is 0 Å². The number of nitrogens with one attached hydrogen (secondary N) is 1. The molecule has 0 amide bonds. The maximum atomic E-state index is 5.76. The molecule has 0 spiro atoms. The molecule has 2 nitrogen and oxygen atoms in total. The molecule has 0 unspecified atom stereocenters. The van der Waals surface area contributed by atoms with Crippen LogP contribution in [0.25, 0.3) is 0 Å². The number of halogens is 1. The van der Waals surface area contributed by atoms with Crippen LogP contribution in [-0.2, 0) is 11.2 Å². The van der Waals surface area contributed by atoms with Gasteiger partial charge < -0.3 is 4.74 Å². The first kappa shape index (κ1) is 10.5. The summed E-state index contributed by atoms with van der Waals surface area (Å²) in [6.07, 6.45) is 1.00. The Kier molecular flexibility index (Phi) is 4.83. The molecule has 0 bridgehead atoms. The van der Waals surface area contributed by atoms with E-state index in [2.05, 4.69) is 5.32 Å². The van der Waals surface area contributed by atoms with Gasteiger partial charge in [0.25, 0.3) is 0 Å². The smallest absolute Gasteiger partial charge is 0.0961 e. The largest absolute Gasteiger partial charge is 0.370 e. The van der Waals surface area contributed by atoms with Gasteiger partial charge in [0, 0.05) is 18.7 Å². The second-order valence-corrected chi connectivity index (χ2v) is 3.25. The van der Waals surface area contributed by atoms with Gasteiger partial charge in [-0.3, -0.25) is 5.32 Å². The molecular weight excluding hydrogens is 186 g/mol. The summed E-state index contributed by atoms with van der Waals surface area (Å²) >= 11 is 5.76. The van der Waals surface area contributed by atoms with Crippen LogP contribution >= 0.6 is 11.6 Å². The lowest BCUT2D eigenvalue weighted by Crippen LogP contribution is -2.19. The minimum atomic E-state index is 0.605. The second kappa shape index (κ2) is 5.97. The molecule has 13 heavy (non-hydrogen) atoms. The molecule has 1 aromatic carbocycles. The Morgan fingerprint density at radius 1 is 1.31 bits per heavy atom. The third-order valence-electron chi connectivity index (χ3n) is 1.75. The van der Waals surface area contributed by atoms with Crippen molar-refractivity contribution in [3.8, 4) is 0 Å². The first-order valence-electron chi connectivity index (χ1n) is 4.27. The van der Waals surface area contributed by atoms with Gasteiger partial charge in [0.15, 0.2) is 0 Å². The fraction of sp³-hybridized carbons (Fsp3) is 0.400. The molecule has 0 radical (unpaired) electrons. The lowest BCUT2D eigenvalue weighted by Gasteiger charge is -2.03. The van der Waals surface area contributed by atoms with Gasteiger partial charge in [-0.25, -0.2) is 0 Å². The first-order valence-corrected chi connectivity index (χ1v) is 4.65. The van der Waals surface area contributed by atoms with Gasteiger partial charge in [-0.1, -0.05) is 23.7 Å². The zero-order valence-electron chi connectivity index (χ0n) is 7.72. The average molecular weight is 200 g/mol. The van der Waals surface area contributed by atoms with Crippen LogP contribution in [0.3, 0.4) is 0 Å². The maximum absolute atomic E-state index is 5.76. The van der Waals surface area contributed by atoms with Crippen LogP contribution < -0.4 is 5.32 Å². The molecule has 0 aliphatic rings. The highest BCUT2D eigenvalue weighted by molar-refractivity contribution is 6.30. The SMILES string of the molecule is COCNCCc1ccc(Cl)cc1. The molecule has 0 atom stereocenters. The van der Waals surface area contributed by atoms with Gasteiger partial charge in [-0.05, 0) is 24.1 Å². The summed E-state index contributed by atoms with van der Waals surface area (Å²) < 4.78 is 4.87. The predicted molar refractivity (Wildman–Crippen MR) is 55.0 cm³/mol. The molecule has 1 rings (SSSR count). The highest BCUT2D eigenvalue weighted by Gasteiger charge is 1.92. The van der Waals surface area contributed by atoms with Crippen molar-refractivity contribution in [2.24, 2.45) is 0 Å². The summed E-state index contributed by atoms with van der Waals surface area (Å²) in [5.74, 6) is 0. The standard InChI is InChI=1S/C10H14ClNO/c1-13-8-12-7-6-9-2-4-10(11)5-3-9/h2-5,12H,6-8H2,1H3. The van der Waals surface area contributed by atoms with Gasteiger partial charge in [-0.15, -0.1) is 0 Å². The van der Waals surface area contributed by atoms with Gasteiger partial charge in [0.05, 0.1) is 6.73 Å². The van der Waals surface area contributed by atoms with E-state index in [1.807, 2.05) is 24.3 Å². The van der Waals surface area contributed by atoms with E-state index in [9.17, 15) is 0 Å². The van der Waals surface area contributed by atoms with Crippen LogP contribution in [-0.4, -0.2) is 20.4 Å². The Balaban J connectivity index is 2.25. The molecule has 72 valence electrons. The molecule has 0 aliphatic heterocycles. The molecule has 1 aromatic rings. The molecule has 0 saturated heterocycles. The highest BCUT2D eigenvalue weighted by Crippen LogP contribution is 2.09. The molecule has 0 aliphatic carbocycles. The summed E-state index contributed by atoms with van der Waals surface area (Å²) in [6, 6.07) is 7.90. The van der Waals surface area contributed by atoms with Crippen molar-refractivity contribution in [1.29, 1.82) is 0 Å². The predicted octanol–water partition coefficient (Wildman–Crippen LogP) is 2.08. The summed E-state index contributed by atoms with van der Waals surface area (Å²) in [7, 11) is 1.68. The molecule has 0 saturated carbocycles. The van der Waals surface area contributed by atoms with E-state index in [0.29, 0.717) is 6.73 Å². The first-order chi connectivity index (χ1) is 6.33. The van der Waals surface area contributed by atoms with Crippen molar-refractivity contribution in [3.05, 3.63) is 34.9 Å². The van der Waals surface area contributed by atoms with Crippen LogP contribution in [0.4, 0.5) is 0 Å². The summed E-state index contributed by atoms with van der Waals surface area (Å²) in [5, 5.41) is 3.93. The van der Waals surface area contributed by atoms with Crippen LogP contribution in [0.15, 0.2) is 24.3 Å². The molecule has 0 aromatic heterocycles. The number of methoxy groups -OCH3 is 1. The van der Waals surface area contributed by atoms with Crippen LogP contribution in [0, 0.1) is 0 Å². The Bertz CT molecular complexity index is 235. The lowest BCUT2D eigenvalue weighted by molar-refractivity contribution is 0.176. The zero-order valence-corrected chi connectivity index (χ0v) is 8.47. The molecule has 1 N–H and O–H groups in total. The fourth-order valence-electron chi connectivity index (χ4n) is 1.06. The summed E-state index contributed by atoms with van der Waals surface area (Å²) in [6.45, 7) is 1.53. The van der Waals surface area contributed by atoms with Gasteiger partial charge in [0.2, 0.25) is 0 Å². The van der Waals surface area contributed by atoms with Gasteiger partial charge in [-0.2, -0.15) is 0 Å². The minimum absolute atomic E-state index is 0.605. The van der Waals surface area contributed by atoms with Crippen molar-refractivity contribution in [2.75, 3.05) is 20.4 Å². The van der Waals surface area contributed by atoms with E-state index >= 15 is 0 Å². The highest BCUT2D eigenvalue weighted by atomic mass is 35.5. The number of ether oxygens (including phenoxy) is 1. The Morgan fingerprint density at radius 2 is 2.00 bits per heavy atom. The van der Waals surface area contributed by atoms with E-state index < -0.39 is 0 Å². The Morgan fingerprint density at radius 3 is 2.62 bits per heavy atom. The summed E-state index contributed by atoms with van der Waals surface area (Å²) in [4.78, 5) is 0. The molecule has 0 fully saturated rings. The third kappa shape index (κ3) is 4.27. The van der Waals surface area contributed by atoms with Crippen molar-refractivity contribution >= 4 is 11.6 Å². The third-order valence-corrected chi connectivity index (χ3v) is 2.00.